The number of halogens is 2. The fourth-order valence-electron chi connectivity index (χ4n) is 2.92. The van der Waals surface area contributed by atoms with Crippen molar-refractivity contribution in [2.75, 3.05) is 51.3 Å². The van der Waals surface area contributed by atoms with E-state index in [0.717, 1.165) is 43.5 Å². The van der Waals surface area contributed by atoms with Gasteiger partial charge in [-0.1, -0.05) is 6.07 Å². The Hall–Kier alpha value is -1.73. The van der Waals surface area contributed by atoms with Gasteiger partial charge in [-0.2, -0.15) is 0 Å². The molecule has 1 aliphatic rings. The molecule has 1 saturated heterocycles. The number of hydrogen-bond acceptors (Lipinski definition) is 6. The van der Waals surface area contributed by atoms with Crippen molar-refractivity contribution >= 4 is 5.82 Å². The molecular formula is C19H25Cl2N3O3-2. The number of hydrogen-bond donors (Lipinski definition) is 1. The maximum Gasteiger partial charge on any atom is 0.128 e. The van der Waals surface area contributed by atoms with Crippen molar-refractivity contribution in [2.45, 2.75) is 6.10 Å². The zero-order chi connectivity index (χ0) is 17.5. The quantitative estimate of drug-likeness (QED) is 0.495. The molecular weight excluding hydrogens is 389 g/mol. The largest absolute Gasteiger partial charge is 1.00 e. The van der Waals surface area contributed by atoms with Gasteiger partial charge in [-0.25, -0.2) is 4.98 Å². The predicted molar refractivity (Wildman–Crippen MR) is 97.4 cm³/mol. The number of benzene rings is 1. The summed E-state index contributed by atoms with van der Waals surface area (Å²) < 4.78 is 10.8. The monoisotopic (exact) mass is 413 g/mol. The molecule has 0 saturated carbocycles. The Morgan fingerprint density at radius 2 is 1.67 bits per heavy atom. The third-order valence-electron chi connectivity index (χ3n) is 4.32. The first-order valence-corrected chi connectivity index (χ1v) is 8.58. The van der Waals surface area contributed by atoms with Crippen LogP contribution in [0.25, 0.3) is 0 Å². The van der Waals surface area contributed by atoms with Crippen molar-refractivity contribution in [1.29, 1.82) is 0 Å². The van der Waals surface area contributed by atoms with Crippen molar-refractivity contribution in [3.05, 3.63) is 48.7 Å². The van der Waals surface area contributed by atoms with Gasteiger partial charge in [-0.15, -0.1) is 0 Å². The average Bonchev–Trinajstić information content (AvgIpc) is 2.68. The van der Waals surface area contributed by atoms with Gasteiger partial charge in [-0.3, -0.25) is 4.90 Å². The van der Waals surface area contributed by atoms with Crippen LogP contribution in [0.1, 0.15) is 0 Å². The fraction of sp³-hybridized carbons (Fsp3) is 0.421. The van der Waals surface area contributed by atoms with E-state index in [-0.39, 0.29) is 31.4 Å². The Bertz CT molecular complexity index is 638. The molecule has 1 aromatic carbocycles. The molecule has 0 radical (unpaired) electrons. The third-order valence-corrected chi connectivity index (χ3v) is 4.32. The van der Waals surface area contributed by atoms with E-state index in [1.807, 2.05) is 48.7 Å². The lowest BCUT2D eigenvalue weighted by atomic mass is 10.2. The van der Waals surface area contributed by atoms with E-state index in [1.165, 1.54) is 0 Å². The minimum atomic E-state index is -0.511. The van der Waals surface area contributed by atoms with Gasteiger partial charge in [0.15, 0.2) is 0 Å². The number of β-amino-alcohol motifs (C(OH)–C–C–N with tert-alkyl or cyclic N) is 1. The summed E-state index contributed by atoms with van der Waals surface area (Å²) in [6.07, 6.45) is 1.31. The first-order valence-electron chi connectivity index (χ1n) is 8.58. The summed E-state index contributed by atoms with van der Waals surface area (Å²) in [7, 11) is 1.63. The Balaban J connectivity index is 0.00000182. The van der Waals surface area contributed by atoms with Gasteiger partial charge >= 0.3 is 0 Å². The molecule has 3 rings (SSSR count). The van der Waals surface area contributed by atoms with Crippen molar-refractivity contribution in [2.24, 2.45) is 0 Å². The molecule has 1 unspecified atom stereocenters. The first-order chi connectivity index (χ1) is 12.2. The number of nitrogens with zero attached hydrogens (tertiary/aromatic N) is 3. The highest BCUT2D eigenvalue weighted by molar-refractivity contribution is 5.38. The van der Waals surface area contributed by atoms with Crippen LogP contribution in [0, 0.1) is 0 Å². The van der Waals surface area contributed by atoms with E-state index in [1.54, 1.807) is 7.11 Å². The summed E-state index contributed by atoms with van der Waals surface area (Å²) in [6, 6.07) is 13.4. The number of methoxy groups -OCH3 is 1. The minimum Gasteiger partial charge on any atom is -1.00 e. The number of piperazine rings is 1. The second kappa shape index (κ2) is 11.9. The summed E-state index contributed by atoms with van der Waals surface area (Å²) in [5.41, 5.74) is 0. The van der Waals surface area contributed by atoms with Crippen molar-refractivity contribution in [1.82, 2.24) is 9.88 Å². The van der Waals surface area contributed by atoms with Crippen LogP contribution in [0.3, 0.4) is 0 Å². The van der Waals surface area contributed by atoms with E-state index < -0.39 is 6.10 Å². The molecule has 2 aromatic rings. The lowest BCUT2D eigenvalue weighted by Crippen LogP contribution is -3.00. The summed E-state index contributed by atoms with van der Waals surface area (Å²) in [4.78, 5) is 8.93. The van der Waals surface area contributed by atoms with Crippen LogP contribution in [-0.4, -0.2) is 67.5 Å². The van der Waals surface area contributed by atoms with Gasteiger partial charge in [0.1, 0.15) is 30.0 Å². The lowest BCUT2D eigenvalue weighted by Gasteiger charge is -2.36. The second-order valence-corrected chi connectivity index (χ2v) is 6.12. The minimum absolute atomic E-state index is 0. The smallest absolute Gasteiger partial charge is 0.128 e. The van der Waals surface area contributed by atoms with Crippen LogP contribution in [0.15, 0.2) is 48.7 Å². The van der Waals surface area contributed by atoms with Gasteiger partial charge in [0.2, 0.25) is 0 Å². The summed E-state index contributed by atoms with van der Waals surface area (Å²) >= 11 is 0. The van der Waals surface area contributed by atoms with Crippen LogP contribution >= 0.6 is 0 Å². The zero-order valence-electron chi connectivity index (χ0n) is 15.3. The van der Waals surface area contributed by atoms with E-state index in [0.29, 0.717) is 6.54 Å². The first kappa shape index (κ1) is 23.3. The van der Waals surface area contributed by atoms with E-state index in [4.69, 9.17) is 9.47 Å². The standard InChI is InChI=1S/C19H25N3O3.2ClH/c1-24-17-5-7-18(8-6-17)25-15-16(23)14-21-10-12-22(13-11-21)19-4-2-3-9-20-19;;/h2-9,16,23H,10-15H2,1H3;2*1H/p-2. The molecule has 1 fully saturated rings. The van der Waals surface area contributed by atoms with E-state index in [2.05, 4.69) is 14.8 Å². The molecule has 0 amide bonds. The number of anilines is 1. The molecule has 0 spiro atoms. The van der Waals surface area contributed by atoms with Gasteiger partial charge < -0.3 is 44.3 Å². The summed E-state index contributed by atoms with van der Waals surface area (Å²) in [5, 5.41) is 10.2. The molecule has 8 heteroatoms. The van der Waals surface area contributed by atoms with Crippen molar-refractivity contribution in [3.63, 3.8) is 0 Å². The maximum absolute atomic E-state index is 10.2. The van der Waals surface area contributed by atoms with Crippen LogP contribution in [-0.2, 0) is 0 Å². The molecule has 1 aliphatic heterocycles. The molecule has 0 aliphatic carbocycles. The number of aliphatic hydroxyl groups is 1. The van der Waals surface area contributed by atoms with Crippen molar-refractivity contribution in [3.8, 4) is 11.5 Å². The van der Waals surface area contributed by atoms with Crippen LogP contribution in [0.4, 0.5) is 5.82 Å². The SMILES string of the molecule is COc1ccc(OCC(O)CN2CCN(c3ccccn3)CC2)cc1.[Cl-].[Cl-]. The highest BCUT2D eigenvalue weighted by Crippen LogP contribution is 2.17. The lowest BCUT2D eigenvalue weighted by molar-refractivity contribution is -0.001000. The third kappa shape index (κ3) is 7.07. The maximum atomic E-state index is 10.2. The fourth-order valence-corrected chi connectivity index (χ4v) is 2.92. The Labute approximate surface area is 172 Å². The molecule has 150 valence electrons. The Morgan fingerprint density at radius 1 is 1.00 bits per heavy atom. The summed E-state index contributed by atoms with van der Waals surface area (Å²) in [5.74, 6) is 2.55. The molecule has 1 atom stereocenters. The number of pyridine rings is 1. The van der Waals surface area contributed by atoms with E-state index in [9.17, 15) is 5.11 Å². The number of aliphatic hydroxyl groups excluding tert-OH is 1. The molecule has 0 bridgehead atoms. The highest BCUT2D eigenvalue weighted by Gasteiger charge is 2.20. The Morgan fingerprint density at radius 3 is 2.26 bits per heavy atom. The topological polar surface area (TPSA) is 58.1 Å². The number of ether oxygens (including phenoxy) is 2. The zero-order valence-corrected chi connectivity index (χ0v) is 16.8. The van der Waals surface area contributed by atoms with Gasteiger partial charge in [0, 0.05) is 38.9 Å². The van der Waals surface area contributed by atoms with Gasteiger partial charge in [-0.05, 0) is 36.4 Å². The predicted octanol–water partition coefficient (Wildman–Crippen LogP) is -4.34. The Kier molecular flexibility index (Phi) is 10.3. The van der Waals surface area contributed by atoms with Crippen molar-refractivity contribution < 1.29 is 39.4 Å². The summed E-state index contributed by atoms with van der Waals surface area (Å²) in [6.45, 7) is 4.57. The van der Waals surface area contributed by atoms with Crippen LogP contribution in [0.5, 0.6) is 11.5 Å². The molecule has 1 N–H and O–H groups in total. The van der Waals surface area contributed by atoms with Gasteiger partial charge in [0.05, 0.1) is 7.11 Å². The van der Waals surface area contributed by atoms with Crippen LogP contribution < -0.4 is 39.2 Å². The van der Waals surface area contributed by atoms with E-state index >= 15 is 0 Å². The molecule has 2 heterocycles. The highest BCUT2D eigenvalue weighted by atomic mass is 35.5. The molecule has 27 heavy (non-hydrogen) atoms. The average molecular weight is 414 g/mol. The molecule has 6 nitrogen and oxygen atoms in total. The second-order valence-electron chi connectivity index (χ2n) is 6.12. The van der Waals surface area contributed by atoms with Gasteiger partial charge in [0.25, 0.3) is 0 Å². The van der Waals surface area contributed by atoms with Crippen LogP contribution in [0.2, 0.25) is 0 Å². The number of rotatable bonds is 7. The molecule has 1 aromatic heterocycles. The normalized spacial score (nSPS) is 15.3. The number of aromatic nitrogens is 1.